The highest BCUT2D eigenvalue weighted by Crippen LogP contribution is 2.23. The molecular weight excluding hydrogens is 276 g/mol. The Morgan fingerprint density at radius 1 is 1.47 bits per heavy atom. The number of hydrogen-bond donors (Lipinski definition) is 0. The number of nitrogens with zero attached hydrogens (tertiary/aromatic N) is 2. The molecule has 17 heavy (non-hydrogen) atoms. The van der Waals surface area contributed by atoms with Crippen LogP contribution in [0.1, 0.15) is 36.8 Å². The molecule has 3 heteroatoms. The van der Waals surface area contributed by atoms with Crippen molar-refractivity contribution in [3.05, 3.63) is 29.6 Å². The summed E-state index contributed by atoms with van der Waals surface area (Å²) in [5.41, 5.74) is 2.62. The monoisotopic (exact) mass is 296 g/mol. The van der Waals surface area contributed by atoms with Gasteiger partial charge in [-0.25, -0.2) is 0 Å². The van der Waals surface area contributed by atoms with E-state index in [9.17, 15) is 0 Å². The van der Waals surface area contributed by atoms with Crippen molar-refractivity contribution in [2.45, 2.75) is 45.2 Å². The summed E-state index contributed by atoms with van der Waals surface area (Å²) >= 11 is 3.52. The third-order valence-corrected chi connectivity index (χ3v) is 4.05. The molecule has 0 amide bonds. The third-order valence-electron chi connectivity index (χ3n) is 3.49. The SMILES string of the molecule is Cc1cncc(CN2CCCC2CCCBr)c1. The molecule has 0 bridgehead atoms. The highest BCUT2D eigenvalue weighted by molar-refractivity contribution is 9.09. The van der Waals surface area contributed by atoms with Crippen LogP contribution in [0.25, 0.3) is 0 Å². The summed E-state index contributed by atoms with van der Waals surface area (Å²) in [4.78, 5) is 6.90. The zero-order valence-corrected chi connectivity index (χ0v) is 12.1. The molecule has 0 aromatic carbocycles. The Morgan fingerprint density at radius 3 is 3.12 bits per heavy atom. The molecule has 0 aliphatic carbocycles. The van der Waals surface area contributed by atoms with Crippen molar-refractivity contribution in [1.29, 1.82) is 0 Å². The zero-order valence-electron chi connectivity index (χ0n) is 10.5. The average Bonchev–Trinajstić information content (AvgIpc) is 2.74. The normalized spacial score (nSPS) is 20.9. The van der Waals surface area contributed by atoms with Crippen molar-refractivity contribution in [1.82, 2.24) is 9.88 Å². The van der Waals surface area contributed by atoms with Crippen LogP contribution in [0.5, 0.6) is 0 Å². The average molecular weight is 297 g/mol. The molecule has 1 aromatic heterocycles. The molecule has 0 saturated carbocycles. The maximum atomic E-state index is 4.28. The van der Waals surface area contributed by atoms with E-state index in [1.807, 2.05) is 12.4 Å². The van der Waals surface area contributed by atoms with Crippen LogP contribution >= 0.6 is 15.9 Å². The summed E-state index contributed by atoms with van der Waals surface area (Å²) in [7, 11) is 0. The van der Waals surface area contributed by atoms with Crippen molar-refractivity contribution in [3.63, 3.8) is 0 Å². The third kappa shape index (κ3) is 3.78. The topological polar surface area (TPSA) is 16.1 Å². The number of pyridine rings is 1. The van der Waals surface area contributed by atoms with Gasteiger partial charge in [0.1, 0.15) is 0 Å². The number of aromatic nitrogens is 1. The highest BCUT2D eigenvalue weighted by atomic mass is 79.9. The number of aryl methyl sites for hydroxylation is 1. The molecule has 2 nitrogen and oxygen atoms in total. The lowest BCUT2D eigenvalue weighted by Crippen LogP contribution is -2.29. The van der Waals surface area contributed by atoms with Gasteiger partial charge in [0.2, 0.25) is 0 Å². The fraction of sp³-hybridized carbons (Fsp3) is 0.643. The van der Waals surface area contributed by atoms with Crippen LogP contribution in [0.4, 0.5) is 0 Å². The van der Waals surface area contributed by atoms with Crippen molar-refractivity contribution in [3.8, 4) is 0 Å². The molecule has 1 saturated heterocycles. The Bertz CT molecular complexity index is 354. The fourth-order valence-corrected chi connectivity index (χ4v) is 3.01. The molecule has 1 atom stereocenters. The van der Waals surface area contributed by atoms with E-state index in [-0.39, 0.29) is 0 Å². The molecule has 0 spiro atoms. The quantitative estimate of drug-likeness (QED) is 0.773. The minimum Gasteiger partial charge on any atom is -0.296 e. The molecule has 1 fully saturated rings. The largest absolute Gasteiger partial charge is 0.296 e. The highest BCUT2D eigenvalue weighted by Gasteiger charge is 2.23. The zero-order chi connectivity index (χ0) is 12.1. The van der Waals surface area contributed by atoms with Crippen molar-refractivity contribution < 1.29 is 0 Å². The summed E-state index contributed by atoms with van der Waals surface area (Å²) < 4.78 is 0. The van der Waals surface area contributed by atoms with E-state index in [4.69, 9.17) is 0 Å². The summed E-state index contributed by atoms with van der Waals surface area (Å²) in [5.74, 6) is 0. The Morgan fingerprint density at radius 2 is 2.35 bits per heavy atom. The van der Waals surface area contributed by atoms with Gasteiger partial charge in [-0.05, 0) is 50.3 Å². The molecule has 2 rings (SSSR count). The standard InChI is InChI=1S/C14H21BrN2/c1-12-8-13(10-16-9-12)11-17-7-3-5-14(17)4-2-6-15/h8-10,14H,2-7,11H2,1H3. The number of hydrogen-bond acceptors (Lipinski definition) is 2. The summed E-state index contributed by atoms with van der Waals surface area (Å²) in [6.45, 7) is 4.44. The maximum Gasteiger partial charge on any atom is 0.0313 e. The summed E-state index contributed by atoms with van der Waals surface area (Å²) in [6, 6.07) is 3.04. The lowest BCUT2D eigenvalue weighted by Gasteiger charge is -2.24. The van der Waals surface area contributed by atoms with Gasteiger partial charge in [-0.2, -0.15) is 0 Å². The molecule has 2 heterocycles. The van der Waals surface area contributed by atoms with Gasteiger partial charge in [0.25, 0.3) is 0 Å². The van der Waals surface area contributed by atoms with Gasteiger partial charge in [-0.3, -0.25) is 9.88 Å². The van der Waals surface area contributed by atoms with Crippen LogP contribution < -0.4 is 0 Å². The molecule has 1 aliphatic heterocycles. The van der Waals surface area contributed by atoms with Crippen LogP contribution in [0.3, 0.4) is 0 Å². The Kier molecular flexibility index (Phi) is 4.99. The predicted molar refractivity (Wildman–Crippen MR) is 75.4 cm³/mol. The smallest absolute Gasteiger partial charge is 0.0313 e. The van der Waals surface area contributed by atoms with Crippen molar-refractivity contribution in [2.75, 3.05) is 11.9 Å². The lowest BCUT2D eigenvalue weighted by atomic mass is 10.1. The van der Waals surface area contributed by atoms with E-state index in [2.05, 4.69) is 38.8 Å². The molecule has 1 unspecified atom stereocenters. The number of likely N-dealkylation sites (tertiary alicyclic amines) is 1. The van der Waals surface area contributed by atoms with Gasteiger partial charge in [-0.15, -0.1) is 0 Å². The van der Waals surface area contributed by atoms with Crippen LogP contribution in [0.15, 0.2) is 18.5 Å². The van der Waals surface area contributed by atoms with E-state index in [1.54, 1.807) is 0 Å². The molecular formula is C14H21BrN2. The van der Waals surface area contributed by atoms with Crippen molar-refractivity contribution in [2.24, 2.45) is 0 Å². The number of rotatable bonds is 5. The van der Waals surface area contributed by atoms with E-state index in [0.717, 1.165) is 17.9 Å². The lowest BCUT2D eigenvalue weighted by molar-refractivity contribution is 0.233. The van der Waals surface area contributed by atoms with Crippen LogP contribution in [-0.2, 0) is 6.54 Å². The second kappa shape index (κ2) is 6.50. The first-order chi connectivity index (χ1) is 8.29. The predicted octanol–water partition coefficient (Wildman–Crippen LogP) is 3.53. The van der Waals surface area contributed by atoms with Gasteiger partial charge in [0.15, 0.2) is 0 Å². The Labute approximate surface area is 113 Å². The van der Waals surface area contributed by atoms with Crippen LogP contribution in [-0.4, -0.2) is 27.8 Å². The first-order valence-corrected chi connectivity index (χ1v) is 7.62. The van der Waals surface area contributed by atoms with Gasteiger partial charge in [0, 0.05) is 30.3 Å². The molecule has 0 N–H and O–H groups in total. The van der Waals surface area contributed by atoms with E-state index in [1.165, 1.54) is 43.4 Å². The second-order valence-electron chi connectivity index (χ2n) is 4.97. The Balaban J connectivity index is 1.93. The molecule has 1 aromatic rings. The number of halogens is 1. The molecule has 0 radical (unpaired) electrons. The first kappa shape index (κ1) is 13.0. The molecule has 1 aliphatic rings. The second-order valence-corrected chi connectivity index (χ2v) is 5.76. The summed E-state index contributed by atoms with van der Waals surface area (Å²) in [5, 5.41) is 1.13. The minimum absolute atomic E-state index is 0.785. The number of alkyl halides is 1. The van der Waals surface area contributed by atoms with Gasteiger partial charge < -0.3 is 0 Å². The maximum absolute atomic E-state index is 4.28. The van der Waals surface area contributed by atoms with E-state index >= 15 is 0 Å². The van der Waals surface area contributed by atoms with Crippen molar-refractivity contribution >= 4 is 15.9 Å². The van der Waals surface area contributed by atoms with Gasteiger partial charge in [0.05, 0.1) is 0 Å². The summed E-state index contributed by atoms with van der Waals surface area (Å²) in [6.07, 6.45) is 9.26. The van der Waals surface area contributed by atoms with E-state index < -0.39 is 0 Å². The first-order valence-electron chi connectivity index (χ1n) is 6.50. The van der Waals surface area contributed by atoms with Crippen LogP contribution in [0.2, 0.25) is 0 Å². The van der Waals surface area contributed by atoms with Gasteiger partial charge in [-0.1, -0.05) is 22.0 Å². The fourth-order valence-electron chi connectivity index (χ4n) is 2.68. The molecule has 94 valence electrons. The van der Waals surface area contributed by atoms with Gasteiger partial charge >= 0.3 is 0 Å². The van der Waals surface area contributed by atoms with Crippen LogP contribution in [0, 0.1) is 6.92 Å². The minimum atomic E-state index is 0.785. The van der Waals surface area contributed by atoms with E-state index in [0.29, 0.717) is 0 Å². The Hall–Kier alpha value is -0.410.